The minimum Gasteiger partial charge on any atom is -0.462 e. The van der Waals surface area contributed by atoms with E-state index in [0.29, 0.717) is 19.7 Å². The molecule has 0 amide bonds. The zero-order chi connectivity index (χ0) is 10.6. The molecule has 1 aliphatic rings. The molecule has 80 valence electrons. The van der Waals surface area contributed by atoms with Gasteiger partial charge in [-0.25, -0.2) is 0 Å². The van der Waals surface area contributed by atoms with Gasteiger partial charge in [-0.2, -0.15) is 0 Å². The Kier molecular flexibility index (Phi) is 2.94. The summed E-state index contributed by atoms with van der Waals surface area (Å²) in [7, 11) is 0. The van der Waals surface area contributed by atoms with Crippen LogP contribution in [0.5, 0.6) is 0 Å². The van der Waals surface area contributed by atoms with E-state index in [1.807, 2.05) is 0 Å². The van der Waals surface area contributed by atoms with Crippen LogP contribution in [0.4, 0.5) is 0 Å². The van der Waals surface area contributed by atoms with Crippen molar-refractivity contribution in [3.63, 3.8) is 0 Å². The molecule has 0 unspecified atom stereocenters. The van der Waals surface area contributed by atoms with E-state index in [1.54, 1.807) is 24.5 Å². The largest absolute Gasteiger partial charge is 0.462 e. The molecule has 0 aromatic carbocycles. The van der Waals surface area contributed by atoms with Crippen molar-refractivity contribution in [2.75, 3.05) is 19.8 Å². The Morgan fingerprint density at radius 1 is 1.40 bits per heavy atom. The van der Waals surface area contributed by atoms with Crippen LogP contribution in [-0.4, -0.2) is 31.3 Å². The van der Waals surface area contributed by atoms with Crippen LogP contribution >= 0.6 is 0 Å². The topological polar surface area (TPSA) is 57.7 Å². The summed E-state index contributed by atoms with van der Waals surface area (Å²) in [6.07, 6.45) is 3.28. The van der Waals surface area contributed by atoms with Gasteiger partial charge in [0.1, 0.15) is 6.61 Å². The summed E-state index contributed by atoms with van der Waals surface area (Å²) in [6.45, 7) is 1.42. The minimum atomic E-state index is -0.955. The number of carbonyl (C=O) groups is 1. The molecule has 2 heterocycles. The molecule has 0 N–H and O–H groups in total. The first-order valence-electron chi connectivity index (χ1n) is 4.61. The standard InChI is InChI=1S/C10H11NO4/c12-8-13-7-10(14-5-6-15-10)9-1-3-11-4-2-9/h1-4,8H,5-7H2. The highest BCUT2D eigenvalue weighted by Crippen LogP contribution is 2.31. The maximum Gasteiger partial charge on any atom is 0.293 e. The number of hydrogen-bond acceptors (Lipinski definition) is 5. The highest BCUT2D eigenvalue weighted by atomic mass is 16.8. The van der Waals surface area contributed by atoms with Crippen LogP contribution in [0.1, 0.15) is 5.56 Å². The number of aromatic nitrogens is 1. The number of rotatable bonds is 4. The van der Waals surface area contributed by atoms with Crippen molar-refractivity contribution in [3.05, 3.63) is 30.1 Å². The molecule has 1 aliphatic heterocycles. The molecule has 2 rings (SSSR count). The quantitative estimate of drug-likeness (QED) is 0.674. The molecule has 0 saturated carbocycles. The van der Waals surface area contributed by atoms with Crippen molar-refractivity contribution in [3.8, 4) is 0 Å². The minimum absolute atomic E-state index is 0.0561. The molecule has 0 atom stereocenters. The summed E-state index contributed by atoms with van der Waals surface area (Å²) < 4.78 is 15.7. The first kappa shape index (κ1) is 10.1. The zero-order valence-electron chi connectivity index (χ0n) is 8.09. The van der Waals surface area contributed by atoms with Gasteiger partial charge in [0, 0.05) is 18.0 Å². The number of hydrogen-bond donors (Lipinski definition) is 0. The van der Waals surface area contributed by atoms with E-state index in [4.69, 9.17) is 14.2 Å². The van der Waals surface area contributed by atoms with Gasteiger partial charge in [-0.15, -0.1) is 0 Å². The van der Waals surface area contributed by atoms with Gasteiger partial charge in [0.2, 0.25) is 5.79 Å². The Bertz CT molecular complexity index is 321. The zero-order valence-corrected chi connectivity index (χ0v) is 8.09. The van der Waals surface area contributed by atoms with Crippen molar-refractivity contribution < 1.29 is 19.0 Å². The lowest BCUT2D eigenvalue weighted by Crippen LogP contribution is -2.32. The van der Waals surface area contributed by atoms with Crippen LogP contribution in [-0.2, 0) is 24.8 Å². The third kappa shape index (κ3) is 1.98. The normalized spacial score (nSPS) is 18.7. The van der Waals surface area contributed by atoms with Crippen LogP contribution in [0.15, 0.2) is 24.5 Å². The van der Waals surface area contributed by atoms with Gasteiger partial charge in [0.05, 0.1) is 13.2 Å². The van der Waals surface area contributed by atoms with Crippen molar-refractivity contribution in [2.24, 2.45) is 0 Å². The Balaban J connectivity index is 2.22. The number of nitrogens with zero attached hydrogens (tertiary/aromatic N) is 1. The van der Waals surface area contributed by atoms with Crippen LogP contribution in [0, 0.1) is 0 Å². The van der Waals surface area contributed by atoms with Crippen LogP contribution < -0.4 is 0 Å². The lowest BCUT2D eigenvalue weighted by Gasteiger charge is -2.26. The Hall–Kier alpha value is -1.46. The van der Waals surface area contributed by atoms with Crippen molar-refractivity contribution in [2.45, 2.75) is 5.79 Å². The second-order valence-electron chi connectivity index (χ2n) is 3.09. The van der Waals surface area contributed by atoms with Gasteiger partial charge in [0.15, 0.2) is 0 Å². The maximum absolute atomic E-state index is 10.2. The van der Waals surface area contributed by atoms with Gasteiger partial charge < -0.3 is 14.2 Å². The van der Waals surface area contributed by atoms with E-state index in [2.05, 4.69) is 4.98 Å². The van der Waals surface area contributed by atoms with Gasteiger partial charge >= 0.3 is 0 Å². The molecular weight excluding hydrogens is 198 g/mol. The Morgan fingerprint density at radius 3 is 2.67 bits per heavy atom. The highest BCUT2D eigenvalue weighted by molar-refractivity contribution is 5.37. The molecule has 1 saturated heterocycles. The first-order chi connectivity index (χ1) is 7.37. The molecule has 0 radical (unpaired) electrons. The van der Waals surface area contributed by atoms with Gasteiger partial charge in [-0.1, -0.05) is 0 Å². The van der Waals surface area contributed by atoms with Gasteiger partial charge in [0.25, 0.3) is 6.47 Å². The Labute approximate surface area is 87.0 Å². The molecule has 1 fully saturated rings. The van der Waals surface area contributed by atoms with Crippen LogP contribution in [0.3, 0.4) is 0 Å². The first-order valence-corrected chi connectivity index (χ1v) is 4.61. The summed E-state index contributed by atoms with van der Waals surface area (Å²) in [6, 6.07) is 3.55. The lowest BCUT2D eigenvalue weighted by atomic mass is 10.1. The molecule has 5 nitrogen and oxygen atoms in total. The summed E-state index contributed by atoms with van der Waals surface area (Å²) >= 11 is 0. The van der Waals surface area contributed by atoms with Crippen molar-refractivity contribution in [1.82, 2.24) is 4.98 Å². The number of carbonyl (C=O) groups excluding carboxylic acids is 1. The van der Waals surface area contributed by atoms with Crippen molar-refractivity contribution in [1.29, 1.82) is 0 Å². The highest BCUT2D eigenvalue weighted by Gasteiger charge is 2.39. The predicted molar refractivity (Wildman–Crippen MR) is 49.8 cm³/mol. The van der Waals surface area contributed by atoms with E-state index < -0.39 is 5.79 Å². The third-order valence-electron chi connectivity index (χ3n) is 2.22. The average molecular weight is 209 g/mol. The van der Waals surface area contributed by atoms with Crippen LogP contribution in [0.2, 0.25) is 0 Å². The van der Waals surface area contributed by atoms with Crippen LogP contribution in [0.25, 0.3) is 0 Å². The van der Waals surface area contributed by atoms with Gasteiger partial charge in [-0.05, 0) is 12.1 Å². The lowest BCUT2D eigenvalue weighted by molar-refractivity contribution is -0.200. The molecule has 1 aromatic heterocycles. The smallest absolute Gasteiger partial charge is 0.293 e. The molecule has 0 bridgehead atoms. The fraction of sp³-hybridized carbons (Fsp3) is 0.400. The molecule has 0 spiro atoms. The molecule has 5 heteroatoms. The summed E-state index contributed by atoms with van der Waals surface area (Å²) in [4.78, 5) is 14.1. The summed E-state index contributed by atoms with van der Waals surface area (Å²) in [5.74, 6) is -0.955. The Morgan fingerprint density at radius 2 is 2.07 bits per heavy atom. The van der Waals surface area contributed by atoms with E-state index >= 15 is 0 Å². The SMILES string of the molecule is O=COCC1(c2ccncc2)OCCO1. The third-order valence-corrected chi connectivity index (χ3v) is 2.22. The predicted octanol–water partition coefficient (Wildman–Crippen LogP) is 0.454. The summed E-state index contributed by atoms with van der Waals surface area (Å²) in [5, 5.41) is 0. The van der Waals surface area contributed by atoms with E-state index in [9.17, 15) is 4.79 Å². The average Bonchev–Trinajstić information content (AvgIpc) is 2.78. The number of pyridine rings is 1. The monoisotopic (exact) mass is 209 g/mol. The van der Waals surface area contributed by atoms with Gasteiger partial charge in [-0.3, -0.25) is 9.78 Å². The molecular formula is C10H11NO4. The summed E-state index contributed by atoms with van der Waals surface area (Å²) in [5.41, 5.74) is 0.803. The molecule has 15 heavy (non-hydrogen) atoms. The second kappa shape index (κ2) is 4.37. The number of ether oxygens (including phenoxy) is 3. The second-order valence-corrected chi connectivity index (χ2v) is 3.09. The van der Waals surface area contributed by atoms with E-state index in [-0.39, 0.29) is 6.61 Å². The fourth-order valence-electron chi connectivity index (χ4n) is 1.54. The molecule has 0 aliphatic carbocycles. The van der Waals surface area contributed by atoms with E-state index in [0.717, 1.165) is 5.56 Å². The maximum atomic E-state index is 10.2. The molecule has 1 aromatic rings. The fourth-order valence-corrected chi connectivity index (χ4v) is 1.54. The van der Waals surface area contributed by atoms with E-state index in [1.165, 1.54) is 0 Å². The van der Waals surface area contributed by atoms with Crippen molar-refractivity contribution >= 4 is 6.47 Å².